The van der Waals surface area contributed by atoms with Gasteiger partial charge in [0.2, 0.25) is 0 Å². The van der Waals surface area contributed by atoms with Crippen LogP contribution in [0.3, 0.4) is 0 Å². The standard InChI is InChI=1S/C14H19Cl2N/c1-10(2)13-7-4-8-17(13)14-6-3-5-12(16)11(14)9-15/h3,5-6,10,13H,4,7-9H2,1-2H3. The highest BCUT2D eigenvalue weighted by molar-refractivity contribution is 6.32. The summed E-state index contributed by atoms with van der Waals surface area (Å²) in [7, 11) is 0. The second-order valence-electron chi connectivity index (χ2n) is 5.02. The lowest BCUT2D eigenvalue weighted by Crippen LogP contribution is -2.33. The number of hydrogen-bond acceptors (Lipinski definition) is 1. The second-order valence-corrected chi connectivity index (χ2v) is 5.69. The quantitative estimate of drug-likeness (QED) is 0.721. The van der Waals surface area contributed by atoms with E-state index >= 15 is 0 Å². The average Bonchev–Trinajstić information content (AvgIpc) is 2.77. The van der Waals surface area contributed by atoms with Gasteiger partial charge in [-0.25, -0.2) is 0 Å². The first kappa shape index (κ1) is 13.0. The highest BCUT2D eigenvalue weighted by Gasteiger charge is 2.28. The number of halogens is 2. The van der Waals surface area contributed by atoms with Crippen molar-refractivity contribution in [2.75, 3.05) is 11.4 Å². The predicted octanol–water partition coefficient (Wildman–Crippen LogP) is 4.70. The Hall–Kier alpha value is -0.400. The fraction of sp³-hybridized carbons (Fsp3) is 0.571. The topological polar surface area (TPSA) is 3.24 Å². The van der Waals surface area contributed by atoms with Crippen LogP contribution < -0.4 is 4.90 Å². The minimum Gasteiger partial charge on any atom is -0.368 e. The van der Waals surface area contributed by atoms with Crippen molar-refractivity contribution in [1.29, 1.82) is 0 Å². The molecule has 0 aromatic heterocycles. The van der Waals surface area contributed by atoms with Gasteiger partial charge in [0, 0.05) is 28.9 Å². The molecule has 2 rings (SSSR count). The first-order valence-corrected chi connectivity index (χ1v) is 7.16. The molecule has 1 aromatic rings. The molecule has 1 aromatic carbocycles. The Morgan fingerprint density at radius 3 is 2.82 bits per heavy atom. The summed E-state index contributed by atoms with van der Waals surface area (Å²) < 4.78 is 0. The second kappa shape index (κ2) is 5.49. The molecule has 1 heterocycles. The summed E-state index contributed by atoms with van der Waals surface area (Å²) in [5.41, 5.74) is 2.30. The van der Waals surface area contributed by atoms with Gasteiger partial charge in [0.05, 0.1) is 5.88 Å². The van der Waals surface area contributed by atoms with E-state index in [4.69, 9.17) is 23.2 Å². The number of hydrogen-bond donors (Lipinski definition) is 0. The number of nitrogens with zero attached hydrogens (tertiary/aromatic N) is 1. The summed E-state index contributed by atoms with van der Waals surface area (Å²) in [5, 5.41) is 0.784. The monoisotopic (exact) mass is 271 g/mol. The maximum atomic E-state index is 6.22. The van der Waals surface area contributed by atoms with Crippen molar-refractivity contribution in [3.8, 4) is 0 Å². The minimum atomic E-state index is 0.482. The van der Waals surface area contributed by atoms with Gasteiger partial charge >= 0.3 is 0 Å². The number of anilines is 1. The molecule has 1 nitrogen and oxygen atoms in total. The van der Waals surface area contributed by atoms with Crippen LogP contribution in [0.4, 0.5) is 5.69 Å². The molecular formula is C14H19Cl2N. The molecule has 1 fully saturated rings. The van der Waals surface area contributed by atoms with E-state index in [1.807, 2.05) is 12.1 Å². The predicted molar refractivity (Wildman–Crippen MR) is 76.2 cm³/mol. The van der Waals surface area contributed by atoms with Crippen molar-refractivity contribution in [1.82, 2.24) is 0 Å². The number of rotatable bonds is 3. The van der Waals surface area contributed by atoms with Crippen molar-refractivity contribution in [3.05, 3.63) is 28.8 Å². The summed E-state index contributed by atoms with van der Waals surface area (Å²) in [5.74, 6) is 1.15. The van der Waals surface area contributed by atoms with Gasteiger partial charge in [-0.1, -0.05) is 31.5 Å². The molecule has 0 radical (unpaired) electrons. The molecule has 3 heteroatoms. The van der Waals surface area contributed by atoms with Gasteiger partial charge in [-0.05, 0) is 30.9 Å². The van der Waals surface area contributed by atoms with Crippen molar-refractivity contribution in [2.45, 2.75) is 38.6 Å². The van der Waals surface area contributed by atoms with Crippen LogP contribution in [0.15, 0.2) is 18.2 Å². The first-order chi connectivity index (χ1) is 8.15. The lowest BCUT2D eigenvalue weighted by Gasteiger charge is -2.31. The molecule has 1 aliphatic rings. The van der Waals surface area contributed by atoms with Crippen LogP contribution in [0.1, 0.15) is 32.3 Å². The van der Waals surface area contributed by atoms with Gasteiger partial charge < -0.3 is 4.90 Å². The van der Waals surface area contributed by atoms with Crippen LogP contribution in [-0.2, 0) is 5.88 Å². The van der Waals surface area contributed by atoms with Gasteiger partial charge in [0.1, 0.15) is 0 Å². The molecule has 1 unspecified atom stereocenters. The maximum absolute atomic E-state index is 6.22. The van der Waals surface area contributed by atoms with Gasteiger partial charge in [0.25, 0.3) is 0 Å². The summed E-state index contributed by atoms with van der Waals surface area (Å²) in [6.45, 7) is 5.69. The molecule has 94 valence electrons. The molecule has 1 saturated heterocycles. The fourth-order valence-corrected chi connectivity index (χ4v) is 3.32. The Morgan fingerprint density at radius 2 is 2.18 bits per heavy atom. The Labute approximate surface area is 114 Å². The van der Waals surface area contributed by atoms with Gasteiger partial charge in [-0.15, -0.1) is 11.6 Å². The molecule has 0 spiro atoms. The van der Waals surface area contributed by atoms with E-state index in [2.05, 4.69) is 24.8 Å². The third-order valence-electron chi connectivity index (χ3n) is 3.61. The first-order valence-electron chi connectivity index (χ1n) is 6.25. The van der Waals surface area contributed by atoms with Crippen molar-refractivity contribution < 1.29 is 0 Å². The molecule has 0 aliphatic carbocycles. The zero-order valence-corrected chi connectivity index (χ0v) is 11.9. The molecule has 0 N–H and O–H groups in total. The lowest BCUT2D eigenvalue weighted by molar-refractivity contribution is 0.491. The Morgan fingerprint density at radius 1 is 1.41 bits per heavy atom. The van der Waals surface area contributed by atoms with Crippen molar-refractivity contribution in [2.24, 2.45) is 5.92 Å². The maximum Gasteiger partial charge on any atom is 0.0509 e. The largest absolute Gasteiger partial charge is 0.368 e. The Balaban J connectivity index is 2.36. The summed E-state index contributed by atoms with van der Waals surface area (Å²) in [4.78, 5) is 2.48. The smallest absolute Gasteiger partial charge is 0.0509 e. The summed E-state index contributed by atoms with van der Waals surface area (Å²) in [6.07, 6.45) is 2.53. The molecule has 0 saturated carbocycles. The van der Waals surface area contributed by atoms with Crippen LogP contribution in [-0.4, -0.2) is 12.6 Å². The lowest BCUT2D eigenvalue weighted by atomic mass is 10.0. The highest BCUT2D eigenvalue weighted by atomic mass is 35.5. The number of benzene rings is 1. The van der Waals surface area contributed by atoms with Crippen molar-refractivity contribution >= 4 is 28.9 Å². The summed E-state index contributed by atoms with van der Waals surface area (Å²) >= 11 is 12.3. The van der Waals surface area contributed by atoms with Gasteiger partial charge in [-0.3, -0.25) is 0 Å². The van der Waals surface area contributed by atoms with E-state index in [1.54, 1.807) is 0 Å². The molecular weight excluding hydrogens is 253 g/mol. The summed E-state index contributed by atoms with van der Waals surface area (Å²) in [6, 6.07) is 6.70. The fourth-order valence-electron chi connectivity index (χ4n) is 2.73. The van der Waals surface area contributed by atoms with E-state index in [0.29, 0.717) is 17.8 Å². The van der Waals surface area contributed by atoms with Crippen molar-refractivity contribution in [3.63, 3.8) is 0 Å². The highest BCUT2D eigenvalue weighted by Crippen LogP contribution is 2.35. The third kappa shape index (κ3) is 2.56. The van der Waals surface area contributed by atoms with Crippen LogP contribution in [0.5, 0.6) is 0 Å². The van der Waals surface area contributed by atoms with Gasteiger partial charge in [0.15, 0.2) is 0 Å². The van der Waals surface area contributed by atoms with E-state index in [0.717, 1.165) is 17.1 Å². The van der Waals surface area contributed by atoms with Crippen LogP contribution in [0.25, 0.3) is 0 Å². The van der Waals surface area contributed by atoms with Gasteiger partial charge in [-0.2, -0.15) is 0 Å². The Kier molecular flexibility index (Phi) is 4.22. The zero-order valence-electron chi connectivity index (χ0n) is 10.4. The molecule has 1 atom stereocenters. The Bertz CT molecular complexity index is 390. The number of alkyl halides is 1. The van der Waals surface area contributed by atoms with E-state index in [9.17, 15) is 0 Å². The average molecular weight is 272 g/mol. The van der Waals surface area contributed by atoms with Crippen LogP contribution in [0, 0.1) is 5.92 Å². The van der Waals surface area contributed by atoms with E-state index in [-0.39, 0.29) is 0 Å². The molecule has 17 heavy (non-hydrogen) atoms. The SMILES string of the molecule is CC(C)C1CCCN1c1cccc(Cl)c1CCl. The third-order valence-corrected chi connectivity index (χ3v) is 4.23. The minimum absolute atomic E-state index is 0.482. The van der Waals surface area contributed by atoms with E-state index in [1.165, 1.54) is 18.5 Å². The molecule has 1 aliphatic heterocycles. The molecule has 0 amide bonds. The van der Waals surface area contributed by atoms with Crippen LogP contribution in [0.2, 0.25) is 5.02 Å². The zero-order chi connectivity index (χ0) is 12.4. The van der Waals surface area contributed by atoms with E-state index < -0.39 is 0 Å². The normalized spacial score (nSPS) is 20.3. The van der Waals surface area contributed by atoms with Crippen LogP contribution >= 0.6 is 23.2 Å². The molecule has 0 bridgehead atoms.